The molecule has 1 aromatic rings. The lowest BCUT2D eigenvalue weighted by molar-refractivity contribution is 0.585. The molecule has 0 radical (unpaired) electrons. The van der Waals surface area contributed by atoms with Gasteiger partial charge in [-0.1, -0.05) is 12.8 Å². The lowest BCUT2D eigenvalue weighted by Crippen LogP contribution is -2.25. The quantitative estimate of drug-likeness (QED) is 0.865. The van der Waals surface area contributed by atoms with Crippen molar-refractivity contribution >= 4 is 26.5 Å². The van der Waals surface area contributed by atoms with Crippen molar-refractivity contribution in [3.63, 3.8) is 0 Å². The number of nitrogens with one attached hydrogen (secondary N) is 1. The molecular formula is C8H12N2O2S2. The van der Waals surface area contributed by atoms with E-state index in [0.29, 0.717) is 5.13 Å². The Labute approximate surface area is 87.4 Å². The van der Waals surface area contributed by atoms with Gasteiger partial charge in [0.25, 0.3) is 0 Å². The molecule has 0 spiro atoms. The number of sulfonamides is 1. The highest BCUT2D eigenvalue weighted by atomic mass is 32.2. The van der Waals surface area contributed by atoms with Crippen molar-refractivity contribution in [3.05, 3.63) is 11.6 Å². The highest BCUT2D eigenvalue weighted by Gasteiger charge is 2.28. The highest BCUT2D eigenvalue weighted by molar-refractivity contribution is 7.93. The van der Waals surface area contributed by atoms with Crippen LogP contribution in [0.2, 0.25) is 0 Å². The van der Waals surface area contributed by atoms with Crippen LogP contribution in [0.4, 0.5) is 5.13 Å². The van der Waals surface area contributed by atoms with E-state index >= 15 is 0 Å². The van der Waals surface area contributed by atoms with Gasteiger partial charge >= 0.3 is 0 Å². The van der Waals surface area contributed by atoms with E-state index in [2.05, 4.69) is 9.71 Å². The largest absolute Gasteiger partial charge is 0.258 e. The topological polar surface area (TPSA) is 59.1 Å². The van der Waals surface area contributed by atoms with Gasteiger partial charge in [0.05, 0.1) is 5.25 Å². The number of thiazole rings is 1. The average molecular weight is 232 g/mol. The number of hydrogen-bond acceptors (Lipinski definition) is 4. The normalized spacial score (nSPS) is 18.6. The summed E-state index contributed by atoms with van der Waals surface area (Å²) in [4.78, 5) is 3.90. The molecule has 0 saturated heterocycles. The summed E-state index contributed by atoms with van der Waals surface area (Å²) < 4.78 is 26.0. The molecule has 0 amide bonds. The third-order valence-corrected chi connectivity index (χ3v) is 5.05. The van der Waals surface area contributed by atoms with Gasteiger partial charge in [-0.15, -0.1) is 11.3 Å². The van der Waals surface area contributed by atoms with Crippen molar-refractivity contribution in [1.82, 2.24) is 4.98 Å². The van der Waals surface area contributed by atoms with Gasteiger partial charge in [-0.05, 0) is 12.8 Å². The molecule has 0 aliphatic heterocycles. The van der Waals surface area contributed by atoms with E-state index < -0.39 is 10.0 Å². The van der Waals surface area contributed by atoms with Gasteiger partial charge in [0.15, 0.2) is 5.13 Å². The van der Waals surface area contributed by atoms with Crippen LogP contribution < -0.4 is 4.72 Å². The maximum Gasteiger partial charge on any atom is 0.237 e. The first-order valence-electron chi connectivity index (χ1n) is 4.59. The van der Waals surface area contributed by atoms with Gasteiger partial charge in [0, 0.05) is 11.6 Å². The van der Waals surface area contributed by atoms with Crippen LogP contribution in [0.5, 0.6) is 0 Å². The molecule has 1 fully saturated rings. The van der Waals surface area contributed by atoms with Crippen molar-refractivity contribution in [2.24, 2.45) is 0 Å². The van der Waals surface area contributed by atoms with Crippen LogP contribution in [-0.2, 0) is 10.0 Å². The summed E-state index contributed by atoms with van der Waals surface area (Å²) in [6.07, 6.45) is 5.19. The molecule has 0 aromatic carbocycles. The maximum absolute atomic E-state index is 11.8. The van der Waals surface area contributed by atoms with Crippen molar-refractivity contribution < 1.29 is 8.42 Å². The molecule has 0 unspecified atom stereocenters. The molecule has 1 N–H and O–H groups in total. The van der Waals surface area contributed by atoms with E-state index in [9.17, 15) is 8.42 Å². The predicted molar refractivity (Wildman–Crippen MR) is 56.9 cm³/mol. The Morgan fingerprint density at radius 2 is 2.14 bits per heavy atom. The van der Waals surface area contributed by atoms with Crippen molar-refractivity contribution in [2.75, 3.05) is 4.72 Å². The summed E-state index contributed by atoms with van der Waals surface area (Å²) in [5.74, 6) is 0. The third kappa shape index (κ3) is 2.06. The predicted octanol–water partition coefficient (Wildman–Crippen LogP) is 1.83. The SMILES string of the molecule is O=S(=O)(Nc1nccs1)C1CCCC1. The van der Waals surface area contributed by atoms with Crippen molar-refractivity contribution in [2.45, 2.75) is 30.9 Å². The molecule has 1 heterocycles. The molecule has 0 bridgehead atoms. The maximum atomic E-state index is 11.8. The van der Waals surface area contributed by atoms with Crippen LogP contribution in [-0.4, -0.2) is 18.7 Å². The second-order valence-corrected chi connectivity index (χ2v) is 6.25. The van der Waals surface area contributed by atoms with Gasteiger partial charge in [0.1, 0.15) is 0 Å². The van der Waals surface area contributed by atoms with E-state index in [-0.39, 0.29) is 5.25 Å². The van der Waals surface area contributed by atoms with Crippen LogP contribution in [0.15, 0.2) is 11.6 Å². The lowest BCUT2D eigenvalue weighted by atomic mass is 10.4. The van der Waals surface area contributed by atoms with E-state index in [1.54, 1.807) is 11.6 Å². The van der Waals surface area contributed by atoms with Gasteiger partial charge in [-0.2, -0.15) is 0 Å². The molecule has 14 heavy (non-hydrogen) atoms. The van der Waals surface area contributed by atoms with Crippen molar-refractivity contribution in [3.8, 4) is 0 Å². The zero-order valence-corrected chi connectivity index (χ0v) is 9.27. The van der Waals surface area contributed by atoms with Crippen LogP contribution in [0.3, 0.4) is 0 Å². The molecule has 2 rings (SSSR count). The molecule has 6 heteroatoms. The smallest absolute Gasteiger partial charge is 0.237 e. The minimum absolute atomic E-state index is 0.216. The fourth-order valence-corrected chi connectivity index (χ4v) is 4.01. The fourth-order valence-electron chi connectivity index (χ4n) is 1.68. The monoisotopic (exact) mass is 232 g/mol. The van der Waals surface area contributed by atoms with Gasteiger partial charge in [0.2, 0.25) is 10.0 Å². The summed E-state index contributed by atoms with van der Waals surface area (Å²) in [6.45, 7) is 0. The van der Waals surface area contributed by atoms with Crippen LogP contribution in [0.1, 0.15) is 25.7 Å². The van der Waals surface area contributed by atoms with Crippen molar-refractivity contribution in [1.29, 1.82) is 0 Å². The molecule has 4 nitrogen and oxygen atoms in total. The van der Waals surface area contributed by atoms with Crippen LogP contribution >= 0.6 is 11.3 Å². The number of aromatic nitrogens is 1. The molecule has 78 valence electrons. The zero-order valence-electron chi connectivity index (χ0n) is 7.64. The molecule has 1 aliphatic carbocycles. The zero-order chi connectivity index (χ0) is 10.0. The second kappa shape index (κ2) is 3.86. The first-order valence-corrected chi connectivity index (χ1v) is 7.02. The average Bonchev–Trinajstić information content (AvgIpc) is 2.71. The lowest BCUT2D eigenvalue weighted by Gasteiger charge is -2.10. The molecule has 1 aliphatic rings. The van der Waals surface area contributed by atoms with Crippen LogP contribution in [0, 0.1) is 0 Å². The third-order valence-electron chi connectivity index (χ3n) is 2.40. The first-order chi connectivity index (χ1) is 6.68. The summed E-state index contributed by atoms with van der Waals surface area (Å²) in [7, 11) is -3.19. The fraction of sp³-hybridized carbons (Fsp3) is 0.625. The van der Waals surface area contributed by atoms with Gasteiger partial charge in [-0.3, -0.25) is 4.72 Å². The summed E-state index contributed by atoms with van der Waals surface area (Å²) in [5, 5.41) is 2.01. The Hall–Kier alpha value is -0.620. The Bertz CT molecular complexity index is 379. The first kappa shape index (κ1) is 9.92. The van der Waals surface area contributed by atoms with Gasteiger partial charge < -0.3 is 0 Å². The standard InChI is InChI=1S/C8H12N2O2S2/c11-14(12,7-3-1-2-4-7)10-8-9-5-6-13-8/h5-7H,1-4H2,(H,9,10). The number of anilines is 1. The number of nitrogens with zero attached hydrogens (tertiary/aromatic N) is 1. The molecule has 0 atom stereocenters. The van der Waals surface area contributed by atoms with E-state index in [1.807, 2.05) is 0 Å². The molecule has 1 aromatic heterocycles. The highest BCUT2D eigenvalue weighted by Crippen LogP contribution is 2.26. The van der Waals surface area contributed by atoms with E-state index in [0.717, 1.165) is 25.7 Å². The Kier molecular flexibility index (Phi) is 2.73. The minimum atomic E-state index is -3.19. The van der Waals surface area contributed by atoms with E-state index in [4.69, 9.17) is 0 Å². The van der Waals surface area contributed by atoms with E-state index in [1.165, 1.54) is 11.3 Å². The van der Waals surface area contributed by atoms with Crippen LogP contribution in [0.25, 0.3) is 0 Å². The van der Waals surface area contributed by atoms with Gasteiger partial charge in [-0.25, -0.2) is 13.4 Å². The number of rotatable bonds is 3. The minimum Gasteiger partial charge on any atom is -0.258 e. The molecular weight excluding hydrogens is 220 g/mol. The summed E-state index contributed by atoms with van der Waals surface area (Å²) in [6, 6.07) is 0. The summed E-state index contributed by atoms with van der Waals surface area (Å²) >= 11 is 1.31. The Morgan fingerprint density at radius 3 is 2.71 bits per heavy atom. The number of hydrogen-bond donors (Lipinski definition) is 1. The second-order valence-electron chi connectivity index (χ2n) is 3.39. The Morgan fingerprint density at radius 1 is 1.43 bits per heavy atom. The summed E-state index contributed by atoms with van der Waals surface area (Å²) in [5.41, 5.74) is 0. The Balaban J connectivity index is 2.09. The molecule has 1 saturated carbocycles.